The van der Waals surface area contributed by atoms with Gasteiger partial charge in [0, 0.05) is 18.8 Å². The molecule has 2 nitrogen and oxygen atoms in total. The molecule has 0 aliphatic carbocycles. The fourth-order valence-corrected chi connectivity index (χ4v) is 3.77. The van der Waals surface area contributed by atoms with E-state index in [-0.39, 0.29) is 9.68 Å². The van der Waals surface area contributed by atoms with E-state index >= 15 is 0 Å². The van der Waals surface area contributed by atoms with Crippen molar-refractivity contribution < 1.29 is 0 Å². The van der Waals surface area contributed by atoms with E-state index < -0.39 is 0 Å². The van der Waals surface area contributed by atoms with Crippen LogP contribution in [-0.4, -0.2) is 18.9 Å². The molecule has 0 aliphatic rings. The lowest BCUT2D eigenvalue weighted by atomic mass is 10.2. The van der Waals surface area contributed by atoms with Crippen LogP contribution in [0.4, 0.5) is 0 Å². The van der Waals surface area contributed by atoms with Crippen LogP contribution in [0.3, 0.4) is 0 Å². The summed E-state index contributed by atoms with van der Waals surface area (Å²) < 4.78 is 2.43. The van der Waals surface area contributed by atoms with Crippen molar-refractivity contribution >= 4 is 9.68 Å². The first-order chi connectivity index (χ1) is 8.90. The van der Waals surface area contributed by atoms with Crippen molar-refractivity contribution in [3.8, 4) is 0 Å². The van der Waals surface area contributed by atoms with Crippen LogP contribution in [0.5, 0.6) is 0 Å². The molecule has 0 saturated carbocycles. The Labute approximate surface area is 112 Å². The molecule has 0 fully saturated rings. The smallest absolute Gasteiger partial charge is 0.135 e. The van der Waals surface area contributed by atoms with Crippen molar-refractivity contribution in [3.05, 3.63) is 54.1 Å². The molecule has 18 heavy (non-hydrogen) atoms. The van der Waals surface area contributed by atoms with Crippen LogP contribution < -0.4 is 0 Å². The number of hydrogen-bond acceptors (Lipinski definition) is 1. The summed E-state index contributed by atoms with van der Waals surface area (Å²) in [7, 11) is -0.276. The van der Waals surface area contributed by atoms with Gasteiger partial charge in [-0.15, -0.1) is 0 Å². The number of hydrogen-bond donors (Lipinski definition) is 0. The van der Waals surface area contributed by atoms with E-state index in [9.17, 15) is 0 Å². The van der Waals surface area contributed by atoms with Gasteiger partial charge in [0.2, 0.25) is 0 Å². The van der Waals surface area contributed by atoms with Gasteiger partial charge < -0.3 is 4.23 Å². The van der Waals surface area contributed by atoms with Crippen LogP contribution in [0.2, 0.25) is 0 Å². The maximum Gasteiger partial charge on any atom is 0.135 e. The molecule has 1 aromatic heterocycles. The number of rotatable bonds is 7. The van der Waals surface area contributed by atoms with E-state index in [4.69, 9.17) is 0 Å². The number of aryl methyl sites for hydroxylation is 1. The number of benzene rings is 1. The Kier molecular flexibility index (Phi) is 5.21. The van der Waals surface area contributed by atoms with E-state index in [0.717, 1.165) is 6.42 Å². The largest absolute Gasteiger partial charge is 0.368 e. The highest BCUT2D eigenvalue weighted by atomic mass is 28.2. The lowest BCUT2D eigenvalue weighted by Crippen LogP contribution is -2.12. The van der Waals surface area contributed by atoms with Gasteiger partial charge in [-0.1, -0.05) is 50.1 Å². The van der Waals surface area contributed by atoms with Crippen LogP contribution in [0.1, 0.15) is 37.6 Å². The molecule has 0 aliphatic heterocycles. The van der Waals surface area contributed by atoms with Gasteiger partial charge >= 0.3 is 0 Å². The monoisotopic (exact) mass is 258 g/mol. The van der Waals surface area contributed by atoms with Crippen molar-refractivity contribution in [1.82, 2.24) is 9.22 Å². The Morgan fingerprint density at radius 2 is 2.00 bits per heavy atom. The Balaban J connectivity index is 1.87. The minimum absolute atomic E-state index is 0.276. The van der Waals surface area contributed by atoms with Crippen LogP contribution in [0.15, 0.2) is 42.7 Å². The normalized spacial score (nSPS) is 11.4. The summed E-state index contributed by atoms with van der Waals surface area (Å²) in [6.45, 7) is 2.25. The van der Waals surface area contributed by atoms with E-state index in [1.54, 1.807) is 0 Å². The molecule has 2 rings (SSSR count). The molecule has 0 unspecified atom stereocenters. The molecule has 1 aromatic carbocycles. The first-order valence-electron chi connectivity index (χ1n) is 6.94. The second kappa shape index (κ2) is 7.16. The fraction of sp³-hybridized carbons (Fsp3) is 0.400. The van der Waals surface area contributed by atoms with E-state index in [1.165, 1.54) is 36.7 Å². The van der Waals surface area contributed by atoms with Crippen molar-refractivity contribution in [2.75, 3.05) is 0 Å². The Hall–Kier alpha value is -1.35. The molecule has 2 aromatic rings. The summed E-state index contributed by atoms with van der Waals surface area (Å²) in [5.74, 6) is 1.30. The first-order valence-corrected chi connectivity index (χ1v) is 8.57. The quantitative estimate of drug-likeness (QED) is 0.551. The maximum absolute atomic E-state index is 4.50. The number of aromatic nitrogens is 2. The maximum atomic E-state index is 4.50. The molecular formula is C15H22N2Si. The van der Waals surface area contributed by atoms with Gasteiger partial charge in [0.1, 0.15) is 9.68 Å². The van der Waals surface area contributed by atoms with E-state index in [0.29, 0.717) is 0 Å². The summed E-state index contributed by atoms with van der Waals surface area (Å²) in [5.41, 5.74) is 1.46. The predicted molar refractivity (Wildman–Crippen MR) is 79.5 cm³/mol. The first kappa shape index (κ1) is 13.1. The van der Waals surface area contributed by atoms with Gasteiger partial charge in [-0.2, -0.15) is 0 Å². The molecule has 1 heterocycles. The lowest BCUT2D eigenvalue weighted by molar-refractivity contribution is 0.693. The van der Waals surface area contributed by atoms with Crippen molar-refractivity contribution in [2.45, 2.75) is 38.7 Å². The van der Waals surface area contributed by atoms with Crippen LogP contribution in [0.25, 0.3) is 0 Å². The standard InChI is InChI=1S/C15H22N2Si/c1-2-3-5-10-15-16-11-12-17(15)18-13-14-8-6-4-7-9-14/h4,6-9,11-12H,2-3,5,10,13,18H2,1H3. The highest BCUT2D eigenvalue weighted by molar-refractivity contribution is 6.33. The van der Waals surface area contributed by atoms with Crippen LogP contribution in [-0.2, 0) is 12.5 Å². The molecular weight excluding hydrogens is 236 g/mol. The highest BCUT2D eigenvalue weighted by Crippen LogP contribution is 2.05. The Morgan fingerprint density at radius 1 is 1.17 bits per heavy atom. The second-order valence-corrected chi connectivity index (χ2v) is 6.36. The Morgan fingerprint density at radius 3 is 2.78 bits per heavy atom. The van der Waals surface area contributed by atoms with E-state index in [2.05, 4.69) is 52.7 Å². The second-order valence-electron chi connectivity index (χ2n) is 4.73. The van der Waals surface area contributed by atoms with Gasteiger partial charge in [-0.3, -0.25) is 0 Å². The summed E-state index contributed by atoms with van der Waals surface area (Å²) in [4.78, 5) is 4.50. The number of unbranched alkanes of at least 4 members (excludes halogenated alkanes) is 2. The van der Waals surface area contributed by atoms with Gasteiger partial charge in [-0.25, -0.2) is 4.98 Å². The predicted octanol–water partition coefficient (Wildman–Crippen LogP) is 2.75. The summed E-state index contributed by atoms with van der Waals surface area (Å²) in [5, 5.41) is 0. The van der Waals surface area contributed by atoms with Gasteiger partial charge in [-0.05, 0) is 18.0 Å². The Bertz CT molecular complexity index is 451. The minimum atomic E-state index is -0.276. The van der Waals surface area contributed by atoms with E-state index in [1.807, 2.05) is 6.20 Å². The zero-order valence-corrected chi connectivity index (χ0v) is 12.6. The molecule has 96 valence electrons. The topological polar surface area (TPSA) is 17.8 Å². The van der Waals surface area contributed by atoms with Crippen LogP contribution in [0, 0.1) is 0 Å². The zero-order chi connectivity index (χ0) is 12.6. The number of nitrogens with zero attached hydrogens (tertiary/aromatic N) is 2. The lowest BCUT2D eigenvalue weighted by Gasteiger charge is -2.07. The summed E-state index contributed by atoms with van der Waals surface area (Å²) in [6, 6.07) is 12.0. The third-order valence-corrected chi connectivity index (χ3v) is 5.15. The molecule has 0 radical (unpaired) electrons. The number of imidazole rings is 1. The van der Waals surface area contributed by atoms with Gasteiger partial charge in [0.05, 0.1) is 5.82 Å². The van der Waals surface area contributed by atoms with Crippen molar-refractivity contribution in [3.63, 3.8) is 0 Å². The molecule has 0 bridgehead atoms. The fourth-order valence-electron chi connectivity index (χ4n) is 2.20. The SMILES string of the molecule is CCCCCc1nccn1[SiH2]Cc1ccccc1. The highest BCUT2D eigenvalue weighted by Gasteiger charge is 2.03. The van der Waals surface area contributed by atoms with Crippen molar-refractivity contribution in [2.24, 2.45) is 0 Å². The average molecular weight is 258 g/mol. The van der Waals surface area contributed by atoms with Gasteiger partial charge in [0.15, 0.2) is 0 Å². The molecule has 0 N–H and O–H groups in total. The molecule has 0 atom stereocenters. The third-order valence-electron chi connectivity index (χ3n) is 3.29. The van der Waals surface area contributed by atoms with Crippen LogP contribution >= 0.6 is 0 Å². The van der Waals surface area contributed by atoms with Crippen molar-refractivity contribution in [1.29, 1.82) is 0 Å². The average Bonchev–Trinajstić information content (AvgIpc) is 2.86. The minimum Gasteiger partial charge on any atom is -0.368 e. The molecule has 0 amide bonds. The summed E-state index contributed by atoms with van der Waals surface area (Å²) in [6.07, 6.45) is 9.13. The molecule has 0 saturated heterocycles. The molecule has 3 heteroatoms. The molecule has 0 spiro atoms. The zero-order valence-electron chi connectivity index (χ0n) is 11.2. The summed E-state index contributed by atoms with van der Waals surface area (Å²) >= 11 is 0. The third kappa shape index (κ3) is 3.84. The van der Waals surface area contributed by atoms with Gasteiger partial charge in [0.25, 0.3) is 0 Å².